The number of carbonyl (C=O) groups is 2. The Morgan fingerprint density at radius 2 is 1.90 bits per heavy atom. The van der Waals surface area contributed by atoms with E-state index in [0.717, 1.165) is 0 Å². The average Bonchev–Trinajstić information content (AvgIpc) is 2.41. The molecule has 0 fully saturated rings. The monoisotopic (exact) mass is 293 g/mol. The maximum atomic E-state index is 12.6. The molecule has 1 rings (SSSR count). The van der Waals surface area contributed by atoms with E-state index in [1.807, 2.05) is 13.0 Å². The van der Waals surface area contributed by atoms with Crippen molar-refractivity contribution in [3.05, 3.63) is 35.9 Å². The maximum Gasteiger partial charge on any atom is 0.313 e. The molecule has 1 aromatic rings. The molecule has 0 aliphatic rings. The van der Waals surface area contributed by atoms with Crippen LogP contribution >= 0.6 is 0 Å². The van der Waals surface area contributed by atoms with E-state index in [1.54, 1.807) is 38.1 Å². The van der Waals surface area contributed by atoms with Gasteiger partial charge in [-0.25, -0.2) is 4.79 Å². The van der Waals surface area contributed by atoms with Gasteiger partial charge in [0.05, 0.1) is 5.60 Å². The first kappa shape index (κ1) is 17.0. The lowest BCUT2D eigenvalue weighted by molar-refractivity contribution is -0.136. The first-order valence-corrected chi connectivity index (χ1v) is 6.86. The second kappa shape index (κ2) is 7.08. The molecule has 1 unspecified atom stereocenters. The van der Waals surface area contributed by atoms with Gasteiger partial charge in [0.1, 0.15) is 6.04 Å². The van der Waals surface area contributed by atoms with Gasteiger partial charge in [-0.2, -0.15) is 0 Å². The van der Waals surface area contributed by atoms with Crippen molar-refractivity contribution in [2.75, 3.05) is 13.1 Å². The summed E-state index contributed by atoms with van der Waals surface area (Å²) in [6, 6.07) is 7.26. The molecule has 1 aromatic carbocycles. The Hall–Kier alpha value is -2.08. The first-order valence-electron chi connectivity index (χ1n) is 6.86. The highest BCUT2D eigenvalue weighted by Crippen LogP contribution is 2.17. The second-order valence-electron chi connectivity index (χ2n) is 5.52. The van der Waals surface area contributed by atoms with E-state index in [2.05, 4.69) is 5.32 Å². The highest BCUT2D eigenvalue weighted by atomic mass is 16.3. The Balaban J connectivity index is 3.02. The van der Waals surface area contributed by atoms with Crippen LogP contribution in [0.2, 0.25) is 0 Å². The molecule has 4 N–H and O–H groups in total. The lowest BCUT2D eigenvalue weighted by atomic mass is 10.0. The summed E-state index contributed by atoms with van der Waals surface area (Å²) in [7, 11) is 0. The third-order valence-electron chi connectivity index (χ3n) is 2.94. The molecule has 0 saturated carbocycles. The number of hydrogen-bond donors (Lipinski definition) is 3. The fourth-order valence-electron chi connectivity index (χ4n) is 2.07. The summed E-state index contributed by atoms with van der Waals surface area (Å²) in [4.78, 5) is 25.3. The lowest BCUT2D eigenvalue weighted by Gasteiger charge is -2.31. The molecule has 0 spiro atoms. The molecule has 6 nitrogen and oxygen atoms in total. The zero-order valence-electron chi connectivity index (χ0n) is 12.7. The Kier molecular flexibility index (Phi) is 5.72. The Morgan fingerprint density at radius 1 is 1.33 bits per heavy atom. The van der Waals surface area contributed by atoms with Crippen LogP contribution in [0.1, 0.15) is 32.4 Å². The van der Waals surface area contributed by atoms with E-state index in [4.69, 9.17) is 5.73 Å². The molecule has 1 atom stereocenters. The third-order valence-corrected chi connectivity index (χ3v) is 2.94. The number of carbonyl (C=O) groups excluding carboxylic acids is 2. The van der Waals surface area contributed by atoms with Crippen LogP contribution in [-0.4, -0.2) is 40.6 Å². The summed E-state index contributed by atoms with van der Waals surface area (Å²) in [6.07, 6.45) is 0. The van der Waals surface area contributed by atoms with Crippen LogP contribution in [0.5, 0.6) is 0 Å². The fraction of sp³-hybridized carbons (Fsp3) is 0.467. The molecular weight excluding hydrogens is 270 g/mol. The van der Waals surface area contributed by atoms with Crippen LogP contribution in [0.3, 0.4) is 0 Å². The quantitative estimate of drug-likeness (QED) is 0.730. The van der Waals surface area contributed by atoms with E-state index in [9.17, 15) is 14.7 Å². The van der Waals surface area contributed by atoms with E-state index in [-0.39, 0.29) is 12.5 Å². The predicted octanol–water partition coefficient (Wildman–Crippen LogP) is 1.02. The molecule has 0 bridgehead atoms. The van der Waals surface area contributed by atoms with Crippen molar-refractivity contribution in [1.29, 1.82) is 0 Å². The lowest BCUT2D eigenvalue weighted by Crippen LogP contribution is -2.48. The summed E-state index contributed by atoms with van der Waals surface area (Å²) in [5.74, 6) is -0.301. The fourth-order valence-corrected chi connectivity index (χ4v) is 2.07. The van der Waals surface area contributed by atoms with Crippen LogP contribution in [0, 0.1) is 0 Å². The van der Waals surface area contributed by atoms with E-state index < -0.39 is 17.7 Å². The van der Waals surface area contributed by atoms with Crippen molar-refractivity contribution in [2.45, 2.75) is 32.4 Å². The molecule has 0 radical (unpaired) electrons. The van der Waals surface area contributed by atoms with E-state index in [0.29, 0.717) is 12.1 Å². The molecule has 0 aromatic heterocycles. The minimum Gasteiger partial charge on any atom is -0.389 e. The number of urea groups is 1. The Bertz CT molecular complexity index is 483. The first-order chi connectivity index (χ1) is 9.74. The maximum absolute atomic E-state index is 12.6. The molecular formula is C15H23N3O3. The van der Waals surface area contributed by atoms with Gasteiger partial charge >= 0.3 is 6.03 Å². The van der Waals surface area contributed by atoms with Crippen molar-refractivity contribution in [2.24, 2.45) is 5.73 Å². The molecule has 0 aliphatic carbocycles. The third kappa shape index (κ3) is 5.43. The van der Waals surface area contributed by atoms with Crippen LogP contribution < -0.4 is 11.1 Å². The number of primary amides is 1. The number of nitrogens with zero attached hydrogens (tertiary/aromatic N) is 1. The van der Waals surface area contributed by atoms with Gasteiger partial charge in [0.25, 0.3) is 0 Å². The summed E-state index contributed by atoms with van der Waals surface area (Å²) >= 11 is 0. The molecule has 0 saturated heterocycles. The minimum absolute atomic E-state index is 0.173. The Morgan fingerprint density at radius 3 is 2.33 bits per heavy atom. The summed E-state index contributed by atoms with van der Waals surface area (Å²) in [5, 5.41) is 12.4. The van der Waals surface area contributed by atoms with Crippen LogP contribution in [0.4, 0.5) is 4.79 Å². The molecule has 0 aliphatic heterocycles. The standard InChI is InChI=1S/C15H23N3O3/c1-4-18(10-15(2,3)21)13(19)12(17-14(16)20)11-8-6-5-7-9-11/h5-9,12,21H,4,10H2,1-3H3,(H3,16,17,20). The SMILES string of the molecule is CCN(CC(C)(C)O)C(=O)C(NC(N)=O)c1ccccc1. The van der Waals surface area contributed by atoms with Crippen LogP contribution in [0.25, 0.3) is 0 Å². The molecule has 21 heavy (non-hydrogen) atoms. The molecule has 116 valence electrons. The molecule has 0 heterocycles. The number of benzene rings is 1. The van der Waals surface area contributed by atoms with Crippen molar-refractivity contribution in [3.8, 4) is 0 Å². The highest BCUT2D eigenvalue weighted by Gasteiger charge is 2.29. The molecule has 6 heteroatoms. The summed E-state index contributed by atoms with van der Waals surface area (Å²) in [6.45, 7) is 5.67. The van der Waals surface area contributed by atoms with Gasteiger partial charge in [-0.3, -0.25) is 4.79 Å². The number of aliphatic hydroxyl groups is 1. The second-order valence-corrected chi connectivity index (χ2v) is 5.52. The minimum atomic E-state index is -1.01. The van der Waals surface area contributed by atoms with Gasteiger partial charge in [0, 0.05) is 13.1 Å². The largest absolute Gasteiger partial charge is 0.389 e. The number of nitrogens with two attached hydrogens (primary N) is 1. The zero-order chi connectivity index (χ0) is 16.0. The van der Waals surface area contributed by atoms with Crippen LogP contribution in [-0.2, 0) is 4.79 Å². The topological polar surface area (TPSA) is 95.7 Å². The van der Waals surface area contributed by atoms with Gasteiger partial charge < -0.3 is 21.1 Å². The summed E-state index contributed by atoms with van der Waals surface area (Å²) in [5.41, 5.74) is 4.80. The normalized spacial score (nSPS) is 12.6. The smallest absolute Gasteiger partial charge is 0.313 e. The van der Waals surface area contributed by atoms with Crippen LogP contribution in [0.15, 0.2) is 30.3 Å². The summed E-state index contributed by atoms with van der Waals surface area (Å²) < 4.78 is 0. The van der Waals surface area contributed by atoms with Gasteiger partial charge in [0.2, 0.25) is 5.91 Å². The van der Waals surface area contributed by atoms with Gasteiger partial charge in [-0.05, 0) is 26.3 Å². The van der Waals surface area contributed by atoms with E-state index in [1.165, 1.54) is 4.90 Å². The van der Waals surface area contributed by atoms with Crippen molar-refractivity contribution in [3.63, 3.8) is 0 Å². The number of rotatable bonds is 6. The Labute approximate surface area is 124 Å². The van der Waals surface area contributed by atoms with Crippen molar-refractivity contribution >= 4 is 11.9 Å². The van der Waals surface area contributed by atoms with Crippen molar-refractivity contribution in [1.82, 2.24) is 10.2 Å². The van der Waals surface area contributed by atoms with Gasteiger partial charge in [-0.1, -0.05) is 30.3 Å². The number of amides is 3. The highest BCUT2D eigenvalue weighted by molar-refractivity contribution is 5.87. The van der Waals surface area contributed by atoms with Crippen molar-refractivity contribution < 1.29 is 14.7 Å². The van der Waals surface area contributed by atoms with Gasteiger partial charge in [0.15, 0.2) is 0 Å². The predicted molar refractivity (Wildman–Crippen MR) is 80.5 cm³/mol. The zero-order valence-corrected chi connectivity index (χ0v) is 12.7. The van der Waals surface area contributed by atoms with Gasteiger partial charge in [-0.15, -0.1) is 0 Å². The number of hydrogen-bond acceptors (Lipinski definition) is 3. The van der Waals surface area contributed by atoms with E-state index >= 15 is 0 Å². The number of likely N-dealkylation sites (N-methyl/N-ethyl adjacent to an activating group) is 1. The molecule has 3 amide bonds. The average molecular weight is 293 g/mol. The number of nitrogens with one attached hydrogen (secondary N) is 1.